The molecule has 1 aliphatic rings. The van der Waals surface area contributed by atoms with E-state index in [1.807, 2.05) is 6.07 Å². The Morgan fingerprint density at radius 3 is 2.86 bits per heavy atom. The Balaban J connectivity index is 1.88. The number of benzene rings is 1. The van der Waals surface area contributed by atoms with Crippen LogP contribution in [0.15, 0.2) is 40.8 Å². The Morgan fingerprint density at radius 1 is 1.24 bits per heavy atom. The Morgan fingerprint density at radius 2 is 2.10 bits per heavy atom. The molecule has 21 heavy (non-hydrogen) atoms. The molecule has 0 atom stereocenters. The summed E-state index contributed by atoms with van der Waals surface area (Å²) in [6.45, 7) is 8.26. The third-order valence-corrected chi connectivity index (χ3v) is 3.98. The first-order valence-corrected chi connectivity index (χ1v) is 7.84. The van der Waals surface area contributed by atoms with Gasteiger partial charge in [-0.1, -0.05) is 44.2 Å². The first-order valence-electron chi connectivity index (χ1n) is 7.84. The fourth-order valence-electron chi connectivity index (χ4n) is 2.81. The standard InChI is InChI=1S/C18H24N2O/c1-14(2)19-12-16-15-8-4-5-9-17(15)21-18(16)13-20-10-6-3-7-11-20/h3-6,8-9,14,19H,7,10-13H2,1-2H3. The van der Waals surface area contributed by atoms with Crippen LogP contribution in [0.5, 0.6) is 0 Å². The second-order valence-electron chi connectivity index (χ2n) is 6.03. The van der Waals surface area contributed by atoms with E-state index >= 15 is 0 Å². The third-order valence-electron chi connectivity index (χ3n) is 3.98. The van der Waals surface area contributed by atoms with E-state index in [1.54, 1.807) is 0 Å². The van der Waals surface area contributed by atoms with E-state index in [9.17, 15) is 0 Å². The minimum absolute atomic E-state index is 0.476. The number of fused-ring (bicyclic) bond motifs is 1. The van der Waals surface area contributed by atoms with E-state index in [0.717, 1.165) is 43.9 Å². The van der Waals surface area contributed by atoms with Crippen molar-refractivity contribution in [3.8, 4) is 0 Å². The Bertz CT molecular complexity index is 627. The first-order chi connectivity index (χ1) is 10.2. The Labute approximate surface area is 126 Å². The quantitative estimate of drug-likeness (QED) is 0.849. The highest BCUT2D eigenvalue weighted by atomic mass is 16.3. The van der Waals surface area contributed by atoms with Crippen LogP contribution in [0, 0.1) is 0 Å². The highest BCUT2D eigenvalue weighted by Gasteiger charge is 2.17. The summed E-state index contributed by atoms with van der Waals surface area (Å²) in [5.41, 5.74) is 2.31. The fraction of sp³-hybridized carbons (Fsp3) is 0.444. The van der Waals surface area contributed by atoms with Gasteiger partial charge in [0.25, 0.3) is 0 Å². The molecule has 3 nitrogen and oxygen atoms in total. The predicted octanol–water partition coefficient (Wildman–Crippen LogP) is 3.69. The van der Waals surface area contributed by atoms with Crippen molar-refractivity contribution < 1.29 is 4.42 Å². The van der Waals surface area contributed by atoms with Crippen molar-refractivity contribution in [2.24, 2.45) is 0 Å². The van der Waals surface area contributed by atoms with Gasteiger partial charge in [-0.05, 0) is 12.5 Å². The van der Waals surface area contributed by atoms with Crippen molar-refractivity contribution >= 4 is 11.0 Å². The summed E-state index contributed by atoms with van der Waals surface area (Å²) in [4.78, 5) is 2.44. The molecule has 112 valence electrons. The molecule has 2 heterocycles. The van der Waals surface area contributed by atoms with Crippen molar-refractivity contribution in [1.29, 1.82) is 0 Å². The third kappa shape index (κ3) is 3.36. The van der Waals surface area contributed by atoms with Gasteiger partial charge in [0.2, 0.25) is 0 Å². The average molecular weight is 284 g/mol. The van der Waals surface area contributed by atoms with Gasteiger partial charge in [0.1, 0.15) is 11.3 Å². The lowest BCUT2D eigenvalue weighted by Crippen LogP contribution is -2.27. The minimum atomic E-state index is 0.476. The molecule has 1 aliphatic heterocycles. The van der Waals surface area contributed by atoms with Crippen LogP contribution in [0.1, 0.15) is 31.6 Å². The summed E-state index contributed by atoms with van der Waals surface area (Å²) in [5.74, 6) is 1.11. The number of para-hydroxylation sites is 1. The van der Waals surface area contributed by atoms with E-state index in [1.165, 1.54) is 10.9 Å². The van der Waals surface area contributed by atoms with Crippen LogP contribution in [-0.2, 0) is 13.1 Å². The van der Waals surface area contributed by atoms with E-state index in [4.69, 9.17) is 4.42 Å². The summed E-state index contributed by atoms with van der Waals surface area (Å²) in [6.07, 6.45) is 5.65. The van der Waals surface area contributed by atoms with Crippen LogP contribution in [0.2, 0.25) is 0 Å². The van der Waals surface area contributed by atoms with Crippen molar-refractivity contribution in [2.75, 3.05) is 13.1 Å². The van der Waals surface area contributed by atoms with Gasteiger partial charge in [-0.2, -0.15) is 0 Å². The molecule has 3 rings (SSSR count). The summed E-state index contributed by atoms with van der Waals surface area (Å²) >= 11 is 0. The van der Waals surface area contributed by atoms with Gasteiger partial charge >= 0.3 is 0 Å². The number of hydrogen-bond acceptors (Lipinski definition) is 3. The van der Waals surface area contributed by atoms with Gasteiger partial charge in [-0.3, -0.25) is 4.90 Å². The monoisotopic (exact) mass is 284 g/mol. The maximum Gasteiger partial charge on any atom is 0.134 e. The van der Waals surface area contributed by atoms with Crippen molar-refractivity contribution in [1.82, 2.24) is 10.2 Å². The fourth-order valence-corrected chi connectivity index (χ4v) is 2.81. The lowest BCUT2D eigenvalue weighted by molar-refractivity contribution is 0.266. The molecule has 0 aliphatic carbocycles. The topological polar surface area (TPSA) is 28.4 Å². The number of nitrogens with zero attached hydrogens (tertiary/aromatic N) is 1. The zero-order chi connectivity index (χ0) is 14.7. The van der Waals surface area contributed by atoms with E-state index in [-0.39, 0.29) is 0 Å². The molecule has 0 fully saturated rings. The van der Waals surface area contributed by atoms with E-state index < -0.39 is 0 Å². The Hall–Kier alpha value is -1.58. The Kier molecular flexibility index (Phi) is 4.42. The van der Waals surface area contributed by atoms with Crippen LogP contribution in [-0.4, -0.2) is 24.0 Å². The molecule has 0 saturated heterocycles. The smallest absolute Gasteiger partial charge is 0.134 e. The van der Waals surface area contributed by atoms with E-state index in [0.29, 0.717) is 6.04 Å². The normalized spacial score (nSPS) is 16.1. The molecule has 0 spiro atoms. The highest BCUT2D eigenvalue weighted by Crippen LogP contribution is 2.27. The van der Waals surface area contributed by atoms with Crippen LogP contribution in [0.3, 0.4) is 0 Å². The number of furan rings is 1. The van der Waals surface area contributed by atoms with Crippen molar-refractivity contribution in [3.05, 3.63) is 47.7 Å². The largest absolute Gasteiger partial charge is 0.459 e. The molecule has 1 N–H and O–H groups in total. The summed E-state index contributed by atoms with van der Waals surface area (Å²) in [6, 6.07) is 8.83. The average Bonchev–Trinajstić information content (AvgIpc) is 2.83. The molecule has 0 bridgehead atoms. The number of hydrogen-bond donors (Lipinski definition) is 1. The van der Waals surface area contributed by atoms with Crippen molar-refractivity contribution in [3.63, 3.8) is 0 Å². The van der Waals surface area contributed by atoms with Gasteiger partial charge < -0.3 is 9.73 Å². The van der Waals surface area contributed by atoms with Gasteiger partial charge in [0.05, 0.1) is 6.54 Å². The maximum atomic E-state index is 6.13. The molecule has 0 amide bonds. The molecule has 3 heteroatoms. The van der Waals surface area contributed by atoms with Gasteiger partial charge in [0, 0.05) is 36.6 Å². The first kappa shape index (κ1) is 14.4. The second-order valence-corrected chi connectivity index (χ2v) is 6.03. The molecule has 1 aromatic heterocycles. The maximum absolute atomic E-state index is 6.13. The zero-order valence-electron chi connectivity index (χ0n) is 12.9. The summed E-state index contributed by atoms with van der Waals surface area (Å²) < 4.78 is 6.13. The summed E-state index contributed by atoms with van der Waals surface area (Å²) in [7, 11) is 0. The lowest BCUT2D eigenvalue weighted by atomic mass is 10.1. The molecule has 0 radical (unpaired) electrons. The molecule has 0 unspecified atom stereocenters. The lowest BCUT2D eigenvalue weighted by Gasteiger charge is -2.22. The van der Waals surface area contributed by atoms with Gasteiger partial charge in [-0.15, -0.1) is 0 Å². The van der Waals surface area contributed by atoms with Crippen LogP contribution in [0.4, 0.5) is 0 Å². The molecule has 2 aromatic rings. The van der Waals surface area contributed by atoms with Crippen LogP contribution >= 0.6 is 0 Å². The van der Waals surface area contributed by atoms with E-state index in [2.05, 4.69) is 54.4 Å². The molecular weight excluding hydrogens is 260 g/mol. The summed E-state index contributed by atoms with van der Waals surface area (Å²) in [5, 5.41) is 4.77. The van der Waals surface area contributed by atoms with Gasteiger partial charge in [-0.25, -0.2) is 0 Å². The predicted molar refractivity (Wildman–Crippen MR) is 87.2 cm³/mol. The molecule has 0 saturated carbocycles. The SMILES string of the molecule is CC(C)NCc1c(CN2CC=CCC2)oc2ccccc12. The molecular formula is C18H24N2O. The van der Waals surface area contributed by atoms with Crippen molar-refractivity contribution in [2.45, 2.75) is 39.4 Å². The zero-order valence-corrected chi connectivity index (χ0v) is 12.9. The van der Waals surface area contributed by atoms with Crippen LogP contribution < -0.4 is 5.32 Å². The minimum Gasteiger partial charge on any atom is -0.459 e. The number of nitrogens with one attached hydrogen (secondary N) is 1. The second kappa shape index (κ2) is 6.46. The number of rotatable bonds is 5. The highest BCUT2D eigenvalue weighted by molar-refractivity contribution is 5.82. The molecule has 1 aromatic carbocycles. The van der Waals surface area contributed by atoms with Crippen LogP contribution in [0.25, 0.3) is 11.0 Å². The van der Waals surface area contributed by atoms with Gasteiger partial charge in [0.15, 0.2) is 0 Å².